The topological polar surface area (TPSA) is 84.9 Å². The van der Waals surface area contributed by atoms with E-state index in [0.717, 1.165) is 11.3 Å². The summed E-state index contributed by atoms with van der Waals surface area (Å²) in [6, 6.07) is 4.91. The number of benzene rings is 1. The van der Waals surface area contributed by atoms with Gasteiger partial charge in [-0.1, -0.05) is 11.6 Å². The fourth-order valence-corrected chi connectivity index (χ4v) is 3.19. The van der Waals surface area contributed by atoms with Crippen molar-refractivity contribution in [1.29, 1.82) is 0 Å². The molecule has 0 atom stereocenters. The number of carboxylic acids is 1. The molecule has 1 saturated heterocycles. The van der Waals surface area contributed by atoms with E-state index in [0.29, 0.717) is 29.5 Å². The van der Waals surface area contributed by atoms with Gasteiger partial charge in [-0.05, 0) is 18.2 Å². The number of carbonyl (C=O) groups excluding carboxylic acids is 1. The number of carbonyl (C=O) groups is 2. The van der Waals surface area contributed by atoms with Crippen LogP contribution in [-0.2, 0) is 9.47 Å². The van der Waals surface area contributed by atoms with E-state index in [4.69, 9.17) is 26.2 Å². The van der Waals surface area contributed by atoms with Gasteiger partial charge in [0.25, 0.3) is 5.91 Å². The van der Waals surface area contributed by atoms with Gasteiger partial charge in [-0.3, -0.25) is 4.79 Å². The Morgan fingerprint density at radius 1 is 1.22 bits per heavy atom. The number of hydrogen-bond acceptors (Lipinski definition) is 5. The summed E-state index contributed by atoms with van der Waals surface area (Å²) in [5, 5.41) is 15.1. The van der Waals surface area contributed by atoms with E-state index < -0.39 is 18.2 Å². The molecule has 1 fully saturated rings. The average Bonchev–Trinajstić information content (AvgIpc) is 3.20. The SMILES string of the molecule is O=C(O)c1cscc1C(=O)Nc1ccc(Cl)c(C2OCCO2)c1. The minimum absolute atomic E-state index is 0.0239. The molecule has 1 aromatic heterocycles. The highest BCUT2D eigenvalue weighted by atomic mass is 35.5. The van der Waals surface area contributed by atoms with Crippen molar-refractivity contribution < 1.29 is 24.2 Å². The zero-order chi connectivity index (χ0) is 16.4. The largest absolute Gasteiger partial charge is 0.478 e. The number of amides is 1. The summed E-state index contributed by atoms with van der Waals surface area (Å²) in [4.78, 5) is 23.3. The third-order valence-electron chi connectivity index (χ3n) is 3.27. The second-order valence-electron chi connectivity index (χ2n) is 4.77. The fourth-order valence-electron chi connectivity index (χ4n) is 2.18. The first kappa shape index (κ1) is 15.9. The van der Waals surface area contributed by atoms with E-state index in [-0.39, 0.29) is 11.1 Å². The van der Waals surface area contributed by atoms with Gasteiger partial charge in [-0.2, -0.15) is 11.3 Å². The Labute approximate surface area is 140 Å². The summed E-state index contributed by atoms with van der Waals surface area (Å²) in [5.41, 5.74) is 1.19. The number of rotatable bonds is 4. The molecule has 23 heavy (non-hydrogen) atoms. The van der Waals surface area contributed by atoms with Crippen LogP contribution >= 0.6 is 22.9 Å². The number of anilines is 1. The zero-order valence-corrected chi connectivity index (χ0v) is 13.3. The van der Waals surface area contributed by atoms with E-state index in [9.17, 15) is 9.59 Å². The lowest BCUT2D eigenvalue weighted by atomic mass is 10.1. The maximum atomic E-state index is 12.3. The van der Waals surface area contributed by atoms with E-state index in [1.165, 1.54) is 10.8 Å². The van der Waals surface area contributed by atoms with E-state index in [2.05, 4.69) is 5.32 Å². The summed E-state index contributed by atoms with van der Waals surface area (Å²) in [6.07, 6.45) is -0.560. The van der Waals surface area contributed by atoms with Crippen LogP contribution in [0.3, 0.4) is 0 Å². The van der Waals surface area contributed by atoms with Crippen molar-refractivity contribution in [1.82, 2.24) is 0 Å². The predicted molar refractivity (Wildman–Crippen MR) is 85.3 cm³/mol. The average molecular weight is 354 g/mol. The maximum Gasteiger partial charge on any atom is 0.337 e. The first-order valence-corrected chi connectivity index (χ1v) is 8.02. The van der Waals surface area contributed by atoms with Crippen LogP contribution in [0.1, 0.15) is 32.6 Å². The second-order valence-corrected chi connectivity index (χ2v) is 5.92. The maximum absolute atomic E-state index is 12.3. The quantitative estimate of drug-likeness (QED) is 0.880. The molecule has 0 aliphatic carbocycles. The van der Waals surface area contributed by atoms with Crippen molar-refractivity contribution in [3.05, 3.63) is 50.7 Å². The monoisotopic (exact) mass is 353 g/mol. The van der Waals surface area contributed by atoms with Gasteiger partial charge < -0.3 is 19.9 Å². The molecule has 0 spiro atoms. The Hall–Kier alpha value is -1.93. The Kier molecular flexibility index (Phi) is 4.63. The molecule has 1 aliphatic rings. The van der Waals surface area contributed by atoms with Crippen LogP contribution in [0.15, 0.2) is 29.0 Å². The number of halogens is 1. The van der Waals surface area contributed by atoms with Crippen molar-refractivity contribution >= 4 is 40.5 Å². The molecule has 1 aromatic carbocycles. The van der Waals surface area contributed by atoms with Crippen LogP contribution in [0.2, 0.25) is 5.02 Å². The minimum Gasteiger partial charge on any atom is -0.478 e. The number of nitrogens with one attached hydrogen (secondary N) is 1. The predicted octanol–water partition coefficient (Wildman–Crippen LogP) is 3.40. The Bertz CT molecular complexity index is 754. The molecule has 0 unspecified atom stereocenters. The third-order valence-corrected chi connectivity index (χ3v) is 4.35. The van der Waals surface area contributed by atoms with Gasteiger partial charge in [0.2, 0.25) is 0 Å². The molecule has 6 nitrogen and oxygen atoms in total. The van der Waals surface area contributed by atoms with Gasteiger partial charge in [0.1, 0.15) is 0 Å². The highest BCUT2D eigenvalue weighted by Gasteiger charge is 2.22. The molecule has 1 amide bonds. The van der Waals surface area contributed by atoms with Crippen molar-refractivity contribution in [2.75, 3.05) is 18.5 Å². The fraction of sp³-hybridized carbons (Fsp3) is 0.200. The molecule has 8 heteroatoms. The molecule has 2 heterocycles. The number of carboxylic acid groups (broad SMARTS) is 1. The second kappa shape index (κ2) is 6.67. The number of hydrogen-bond donors (Lipinski definition) is 2. The summed E-state index contributed by atoms with van der Waals surface area (Å²) in [5.74, 6) is -1.63. The number of aromatic carboxylic acids is 1. The molecule has 3 rings (SSSR count). The number of ether oxygens (including phenoxy) is 2. The van der Waals surface area contributed by atoms with Crippen LogP contribution < -0.4 is 5.32 Å². The molecule has 120 valence electrons. The Morgan fingerprint density at radius 2 is 1.91 bits per heavy atom. The lowest BCUT2D eigenvalue weighted by Gasteiger charge is -2.13. The van der Waals surface area contributed by atoms with Crippen molar-refractivity contribution in [2.24, 2.45) is 0 Å². The Morgan fingerprint density at radius 3 is 2.61 bits per heavy atom. The molecule has 0 radical (unpaired) electrons. The summed E-state index contributed by atoms with van der Waals surface area (Å²) in [6.45, 7) is 0.961. The third kappa shape index (κ3) is 3.37. The normalized spacial score (nSPS) is 14.8. The van der Waals surface area contributed by atoms with Gasteiger partial charge in [-0.25, -0.2) is 4.79 Å². The Balaban J connectivity index is 1.82. The smallest absolute Gasteiger partial charge is 0.337 e. The molecular formula is C15H12ClNO5S. The van der Waals surface area contributed by atoms with Crippen molar-refractivity contribution in [2.45, 2.75) is 6.29 Å². The highest BCUT2D eigenvalue weighted by molar-refractivity contribution is 7.08. The summed E-state index contributed by atoms with van der Waals surface area (Å²) in [7, 11) is 0. The lowest BCUT2D eigenvalue weighted by Crippen LogP contribution is -2.15. The summed E-state index contributed by atoms with van der Waals surface area (Å²) >= 11 is 7.29. The first-order chi connectivity index (χ1) is 11.1. The van der Waals surface area contributed by atoms with Crippen LogP contribution in [0.25, 0.3) is 0 Å². The number of thiophene rings is 1. The van der Waals surface area contributed by atoms with E-state index >= 15 is 0 Å². The van der Waals surface area contributed by atoms with Gasteiger partial charge in [0.05, 0.1) is 24.3 Å². The zero-order valence-electron chi connectivity index (χ0n) is 11.7. The summed E-state index contributed by atoms with van der Waals surface area (Å²) < 4.78 is 10.8. The van der Waals surface area contributed by atoms with Crippen molar-refractivity contribution in [3.63, 3.8) is 0 Å². The highest BCUT2D eigenvalue weighted by Crippen LogP contribution is 2.32. The van der Waals surface area contributed by atoms with Gasteiger partial charge in [0, 0.05) is 27.0 Å². The molecule has 0 saturated carbocycles. The molecule has 2 aromatic rings. The lowest BCUT2D eigenvalue weighted by molar-refractivity contribution is -0.0440. The minimum atomic E-state index is -1.14. The van der Waals surface area contributed by atoms with Crippen molar-refractivity contribution in [3.8, 4) is 0 Å². The first-order valence-electron chi connectivity index (χ1n) is 6.70. The van der Waals surface area contributed by atoms with Crippen LogP contribution in [0, 0.1) is 0 Å². The standard InChI is InChI=1S/C15H12ClNO5S/c16-12-2-1-8(5-9(12)15-21-3-4-22-15)17-13(18)10-6-23-7-11(10)14(19)20/h1-2,5-7,15H,3-4H2,(H,17,18)(H,19,20). The van der Waals surface area contributed by atoms with E-state index in [1.807, 2.05) is 0 Å². The van der Waals surface area contributed by atoms with Gasteiger partial charge in [-0.15, -0.1) is 0 Å². The molecular weight excluding hydrogens is 342 g/mol. The van der Waals surface area contributed by atoms with Gasteiger partial charge >= 0.3 is 5.97 Å². The molecule has 1 aliphatic heterocycles. The van der Waals surface area contributed by atoms with Gasteiger partial charge in [0.15, 0.2) is 6.29 Å². The van der Waals surface area contributed by atoms with Crippen LogP contribution in [-0.4, -0.2) is 30.2 Å². The molecule has 2 N–H and O–H groups in total. The molecule has 0 bridgehead atoms. The van der Waals surface area contributed by atoms with Crippen LogP contribution in [0.5, 0.6) is 0 Å². The van der Waals surface area contributed by atoms with Crippen LogP contribution in [0.4, 0.5) is 5.69 Å². The van der Waals surface area contributed by atoms with E-state index in [1.54, 1.807) is 18.2 Å².